The average molecular weight is 255 g/mol. The van der Waals surface area contributed by atoms with E-state index < -0.39 is 0 Å². The lowest BCUT2D eigenvalue weighted by Crippen LogP contribution is -2.32. The van der Waals surface area contributed by atoms with Crippen molar-refractivity contribution in [1.82, 2.24) is 5.32 Å². The molecule has 0 aromatic heterocycles. The predicted octanol–water partition coefficient (Wildman–Crippen LogP) is 0.537. The van der Waals surface area contributed by atoms with E-state index in [1.807, 2.05) is 18.2 Å². The molecule has 1 atom stereocenters. The lowest BCUT2D eigenvalue weighted by atomic mass is 10.1. The Bertz CT molecular complexity index is 357. The van der Waals surface area contributed by atoms with Gasteiger partial charge in [0.05, 0.1) is 20.8 Å². The van der Waals surface area contributed by atoms with Gasteiger partial charge in [0.15, 0.2) is 0 Å². The van der Waals surface area contributed by atoms with Crippen molar-refractivity contribution >= 4 is 0 Å². The van der Waals surface area contributed by atoms with Crippen molar-refractivity contribution in [2.45, 2.75) is 19.0 Å². The van der Waals surface area contributed by atoms with Crippen molar-refractivity contribution in [3.8, 4) is 11.5 Å². The maximum absolute atomic E-state index is 9.13. The monoisotopic (exact) mass is 255 g/mol. The Hall–Kier alpha value is -1.30. The lowest BCUT2D eigenvalue weighted by molar-refractivity contribution is 0.199. The molecular formula is C13H21NO4. The first-order valence-corrected chi connectivity index (χ1v) is 5.91. The molecule has 0 aliphatic carbocycles. The molecule has 1 rings (SSSR count). The summed E-state index contributed by atoms with van der Waals surface area (Å²) >= 11 is 0. The van der Waals surface area contributed by atoms with Gasteiger partial charge in [0.25, 0.3) is 0 Å². The van der Waals surface area contributed by atoms with Crippen molar-refractivity contribution in [3.63, 3.8) is 0 Å². The highest BCUT2D eigenvalue weighted by molar-refractivity contribution is 5.40. The molecule has 0 spiro atoms. The third-order valence-corrected chi connectivity index (χ3v) is 2.77. The van der Waals surface area contributed by atoms with E-state index in [4.69, 9.17) is 19.7 Å². The molecule has 0 aliphatic rings. The Labute approximate surface area is 107 Å². The smallest absolute Gasteiger partial charge is 0.123 e. The lowest BCUT2D eigenvalue weighted by Gasteiger charge is -2.17. The van der Waals surface area contributed by atoms with Gasteiger partial charge in [-0.2, -0.15) is 0 Å². The number of methoxy groups -OCH3 is 2. The summed E-state index contributed by atoms with van der Waals surface area (Å²) in [5.41, 5.74) is 0.952. The molecule has 0 heterocycles. The number of nitrogens with one attached hydrogen (secondary N) is 1. The molecule has 0 aliphatic heterocycles. The zero-order chi connectivity index (χ0) is 13.4. The van der Waals surface area contributed by atoms with Crippen molar-refractivity contribution < 1.29 is 19.7 Å². The van der Waals surface area contributed by atoms with Gasteiger partial charge in [0.2, 0.25) is 0 Å². The highest BCUT2D eigenvalue weighted by Crippen LogP contribution is 2.23. The zero-order valence-electron chi connectivity index (χ0n) is 10.8. The molecule has 1 aromatic rings. The number of aliphatic hydroxyl groups is 2. The van der Waals surface area contributed by atoms with Gasteiger partial charge >= 0.3 is 0 Å². The third-order valence-electron chi connectivity index (χ3n) is 2.77. The number of aliphatic hydroxyl groups excluding tert-OH is 2. The maximum atomic E-state index is 9.13. The fourth-order valence-electron chi connectivity index (χ4n) is 1.69. The number of hydrogen-bond acceptors (Lipinski definition) is 5. The van der Waals surface area contributed by atoms with Gasteiger partial charge in [0, 0.05) is 24.8 Å². The van der Waals surface area contributed by atoms with Crippen LogP contribution in [0.4, 0.5) is 0 Å². The summed E-state index contributed by atoms with van der Waals surface area (Å²) in [7, 11) is 3.23. The minimum absolute atomic E-state index is 0.00710. The van der Waals surface area contributed by atoms with Crippen molar-refractivity contribution in [1.29, 1.82) is 0 Å². The Morgan fingerprint density at radius 3 is 2.56 bits per heavy atom. The molecule has 1 aromatic carbocycles. The third kappa shape index (κ3) is 4.18. The summed E-state index contributed by atoms with van der Waals surface area (Å²) < 4.78 is 10.4. The molecule has 0 fully saturated rings. The number of rotatable bonds is 8. The highest BCUT2D eigenvalue weighted by atomic mass is 16.5. The van der Waals surface area contributed by atoms with E-state index in [0.29, 0.717) is 13.0 Å². The molecule has 5 heteroatoms. The second kappa shape index (κ2) is 7.92. The quantitative estimate of drug-likeness (QED) is 0.632. The standard InChI is InChI=1S/C13H21NO4/c1-17-12-3-4-13(18-2)10(7-12)8-14-11(9-16)5-6-15/h3-4,7,11,14-16H,5-6,8-9H2,1-2H3. The number of benzene rings is 1. The van der Waals surface area contributed by atoms with E-state index in [9.17, 15) is 0 Å². The average Bonchev–Trinajstić information content (AvgIpc) is 2.43. The molecule has 0 saturated heterocycles. The topological polar surface area (TPSA) is 71.0 Å². The van der Waals surface area contributed by atoms with Gasteiger partial charge in [0.1, 0.15) is 11.5 Å². The van der Waals surface area contributed by atoms with Crippen LogP contribution in [0, 0.1) is 0 Å². The van der Waals surface area contributed by atoms with Gasteiger partial charge in [-0.1, -0.05) is 0 Å². The van der Waals surface area contributed by atoms with Crippen LogP contribution in [0.15, 0.2) is 18.2 Å². The molecular weight excluding hydrogens is 234 g/mol. The normalized spacial score (nSPS) is 12.2. The van der Waals surface area contributed by atoms with Gasteiger partial charge in [-0.3, -0.25) is 0 Å². The summed E-state index contributed by atoms with van der Waals surface area (Å²) in [6, 6.07) is 5.44. The summed E-state index contributed by atoms with van der Waals surface area (Å²) in [4.78, 5) is 0. The van der Waals surface area contributed by atoms with E-state index in [1.54, 1.807) is 14.2 Å². The van der Waals surface area contributed by atoms with Gasteiger partial charge in [-0.05, 0) is 24.6 Å². The zero-order valence-corrected chi connectivity index (χ0v) is 10.8. The van der Waals surface area contributed by atoms with Crippen LogP contribution in [0.3, 0.4) is 0 Å². The summed E-state index contributed by atoms with van der Waals surface area (Å²) in [6.07, 6.45) is 0.517. The van der Waals surface area contributed by atoms with E-state index in [1.165, 1.54) is 0 Å². The molecule has 0 amide bonds. The summed E-state index contributed by atoms with van der Waals surface area (Å²) in [5, 5.41) is 21.2. The summed E-state index contributed by atoms with van der Waals surface area (Å²) in [6.45, 7) is 0.589. The van der Waals surface area contributed by atoms with E-state index in [-0.39, 0.29) is 19.3 Å². The van der Waals surface area contributed by atoms with Crippen LogP contribution in [0.2, 0.25) is 0 Å². The van der Waals surface area contributed by atoms with Crippen LogP contribution in [0.1, 0.15) is 12.0 Å². The Balaban J connectivity index is 2.69. The van der Waals surface area contributed by atoms with Crippen LogP contribution >= 0.6 is 0 Å². The molecule has 0 radical (unpaired) electrons. The van der Waals surface area contributed by atoms with Gasteiger partial charge in [-0.15, -0.1) is 0 Å². The van der Waals surface area contributed by atoms with Gasteiger partial charge < -0.3 is 25.0 Å². The first kappa shape index (κ1) is 14.8. The van der Waals surface area contributed by atoms with Gasteiger partial charge in [-0.25, -0.2) is 0 Å². The molecule has 18 heavy (non-hydrogen) atoms. The van der Waals surface area contributed by atoms with Crippen LogP contribution in [0.25, 0.3) is 0 Å². The molecule has 5 nitrogen and oxygen atoms in total. The SMILES string of the molecule is COc1ccc(OC)c(CNC(CO)CCO)c1. The molecule has 0 bridgehead atoms. The van der Waals surface area contributed by atoms with Crippen molar-refractivity contribution in [2.24, 2.45) is 0 Å². The highest BCUT2D eigenvalue weighted by Gasteiger charge is 2.09. The minimum Gasteiger partial charge on any atom is -0.497 e. The Kier molecular flexibility index (Phi) is 6.49. The molecule has 102 valence electrons. The largest absolute Gasteiger partial charge is 0.497 e. The van der Waals surface area contributed by atoms with Crippen molar-refractivity contribution in [3.05, 3.63) is 23.8 Å². The van der Waals surface area contributed by atoms with Crippen molar-refractivity contribution in [2.75, 3.05) is 27.4 Å². The second-order valence-corrected chi connectivity index (χ2v) is 3.95. The number of ether oxygens (including phenoxy) is 2. The Morgan fingerprint density at radius 1 is 1.22 bits per heavy atom. The van der Waals surface area contributed by atoms with Crippen LogP contribution in [-0.2, 0) is 6.54 Å². The predicted molar refractivity (Wildman–Crippen MR) is 69.0 cm³/mol. The molecule has 3 N–H and O–H groups in total. The first-order valence-electron chi connectivity index (χ1n) is 5.91. The number of hydrogen-bond donors (Lipinski definition) is 3. The van der Waals surface area contributed by atoms with Crippen LogP contribution in [-0.4, -0.2) is 43.7 Å². The van der Waals surface area contributed by atoms with E-state index in [2.05, 4.69) is 5.32 Å². The van der Waals surface area contributed by atoms with Crippen LogP contribution in [0.5, 0.6) is 11.5 Å². The molecule has 0 saturated carbocycles. The molecule has 1 unspecified atom stereocenters. The fourth-order valence-corrected chi connectivity index (χ4v) is 1.69. The van der Waals surface area contributed by atoms with E-state index in [0.717, 1.165) is 17.1 Å². The summed E-state index contributed by atoms with van der Waals surface area (Å²) in [5.74, 6) is 1.53. The van der Waals surface area contributed by atoms with Crippen LogP contribution < -0.4 is 14.8 Å². The minimum atomic E-state index is -0.120. The fraction of sp³-hybridized carbons (Fsp3) is 0.538. The second-order valence-electron chi connectivity index (χ2n) is 3.95. The maximum Gasteiger partial charge on any atom is 0.123 e. The first-order chi connectivity index (χ1) is 8.74. The van der Waals surface area contributed by atoms with E-state index >= 15 is 0 Å². The Morgan fingerprint density at radius 2 is 2.00 bits per heavy atom.